The van der Waals surface area contributed by atoms with Gasteiger partial charge in [0.15, 0.2) is 0 Å². The topological polar surface area (TPSA) is 44.4 Å². The molecular formula is C12H14BrN3O. The maximum Gasteiger partial charge on any atom is 0.246 e. The zero-order valence-electron chi connectivity index (χ0n) is 9.37. The Hall–Kier alpha value is -1.07. The number of halogens is 1. The predicted octanol–water partition coefficient (Wildman–Crippen LogP) is 1.57. The lowest BCUT2D eigenvalue weighted by Gasteiger charge is -2.34. The van der Waals surface area contributed by atoms with Crippen LogP contribution in [0.25, 0.3) is 0 Å². The van der Waals surface area contributed by atoms with E-state index in [0.29, 0.717) is 6.54 Å². The van der Waals surface area contributed by atoms with E-state index in [1.54, 1.807) is 0 Å². The van der Waals surface area contributed by atoms with Crippen molar-refractivity contribution in [3.63, 3.8) is 0 Å². The third kappa shape index (κ3) is 1.93. The molecule has 2 aliphatic rings. The standard InChI is InChI=1S/C12H14BrN3O/c13-8-1-2-10-11(5-8)16(12(17)7-15-10)9-3-4-14-6-9/h1-2,5,9,14-15H,3-4,6-7H2. The zero-order valence-corrected chi connectivity index (χ0v) is 11.0. The summed E-state index contributed by atoms with van der Waals surface area (Å²) in [4.78, 5) is 14.0. The molecule has 1 fully saturated rings. The van der Waals surface area contributed by atoms with E-state index in [4.69, 9.17) is 0 Å². The highest BCUT2D eigenvalue weighted by Crippen LogP contribution is 2.34. The van der Waals surface area contributed by atoms with Gasteiger partial charge in [0.25, 0.3) is 0 Å². The highest BCUT2D eigenvalue weighted by Gasteiger charge is 2.32. The fourth-order valence-corrected chi connectivity index (χ4v) is 2.85. The average molecular weight is 296 g/mol. The molecule has 1 aromatic rings. The monoisotopic (exact) mass is 295 g/mol. The van der Waals surface area contributed by atoms with Gasteiger partial charge in [-0.3, -0.25) is 4.79 Å². The molecule has 1 amide bonds. The Morgan fingerprint density at radius 1 is 1.41 bits per heavy atom. The number of anilines is 2. The maximum atomic E-state index is 12.1. The normalized spacial score (nSPS) is 23.5. The zero-order chi connectivity index (χ0) is 11.8. The molecule has 0 saturated carbocycles. The van der Waals surface area contributed by atoms with Crippen LogP contribution < -0.4 is 15.5 Å². The SMILES string of the molecule is O=C1CNc2ccc(Br)cc2N1C1CCNC1. The predicted molar refractivity (Wildman–Crippen MR) is 71.4 cm³/mol. The van der Waals surface area contributed by atoms with E-state index in [9.17, 15) is 4.79 Å². The van der Waals surface area contributed by atoms with Crippen LogP contribution in [0, 0.1) is 0 Å². The van der Waals surface area contributed by atoms with E-state index < -0.39 is 0 Å². The summed E-state index contributed by atoms with van der Waals surface area (Å²) in [5.74, 6) is 0.157. The van der Waals surface area contributed by atoms with Crippen molar-refractivity contribution in [2.45, 2.75) is 12.5 Å². The van der Waals surface area contributed by atoms with E-state index in [2.05, 4.69) is 26.6 Å². The fraction of sp³-hybridized carbons (Fsp3) is 0.417. The van der Waals surface area contributed by atoms with Gasteiger partial charge in [0.05, 0.1) is 24.0 Å². The number of hydrogen-bond acceptors (Lipinski definition) is 3. The van der Waals surface area contributed by atoms with Gasteiger partial charge in [-0.1, -0.05) is 15.9 Å². The van der Waals surface area contributed by atoms with Crippen molar-refractivity contribution in [1.82, 2.24) is 5.32 Å². The fourth-order valence-electron chi connectivity index (χ4n) is 2.50. The van der Waals surface area contributed by atoms with E-state index in [-0.39, 0.29) is 11.9 Å². The van der Waals surface area contributed by atoms with Crippen LogP contribution >= 0.6 is 15.9 Å². The van der Waals surface area contributed by atoms with Crippen molar-refractivity contribution in [2.75, 3.05) is 29.9 Å². The molecule has 90 valence electrons. The Bertz CT molecular complexity index is 457. The second-order valence-electron chi connectivity index (χ2n) is 4.43. The lowest BCUT2D eigenvalue weighted by molar-refractivity contribution is -0.117. The van der Waals surface area contributed by atoms with E-state index in [1.807, 2.05) is 23.1 Å². The van der Waals surface area contributed by atoms with Crippen LogP contribution in [0.5, 0.6) is 0 Å². The van der Waals surface area contributed by atoms with Gasteiger partial charge >= 0.3 is 0 Å². The van der Waals surface area contributed by atoms with Gasteiger partial charge in [-0.05, 0) is 31.2 Å². The summed E-state index contributed by atoms with van der Waals surface area (Å²) in [5, 5.41) is 6.47. The van der Waals surface area contributed by atoms with E-state index in [1.165, 1.54) is 0 Å². The van der Waals surface area contributed by atoms with Crippen LogP contribution in [0.2, 0.25) is 0 Å². The lowest BCUT2D eigenvalue weighted by atomic mass is 10.1. The molecule has 2 N–H and O–H groups in total. The first-order valence-corrected chi connectivity index (χ1v) is 6.61. The Balaban J connectivity index is 2.02. The number of carbonyl (C=O) groups excluding carboxylic acids is 1. The first-order chi connectivity index (χ1) is 8.25. The third-order valence-corrected chi connectivity index (χ3v) is 3.81. The van der Waals surface area contributed by atoms with Crippen LogP contribution in [0.3, 0.4) is 0 Å². The summed E-state index contributed by atoms with van der Waals surface area (Å²) < 4.78 is 1.00. The van der Waals surface area contributed by atoms with Gasteiger partial charge in [0.1, 0.15) is 0 Å². The molecule has 1 atom stereocenters. The van der Waals surface area contributed by atoms with Gasteiger partial charge in [0.2, 0.25) is 5.91 Å². The van der Waals surface area contributed by atoms with Crippen molar-refractivity contribution in [3.05, 3.63) is 22.7 Å². The number of benzene rings is 1. The Labute approximate surface area is 108 Å². The van der Waals surface area contributed by atoms with E-state index in [0.717, 1.165) is 35.4 Å². The smallest absolute Gasteiger partial charge is 0.246 e. The Morgan fingerprint density at radius 2 is 2.29 bits per heavy atom. The van der Waals surface area contributed by atoms with Crippen LogP contribution in [0.4, 0.5) is 11.4 Å². The van der Waals surface area contributed by atoms with Gasteiger partial charge in [-0.2, -0.15) is 0 Å². The second-order valence-corrected chi connectivity index (χ2v) is 5.34. The van der Waals surface area contributed by atoms with Gasteiger partial charge in [-0.25, -0.2) is 0 Å². The maximum absolute atomic E-state index is 12.1. The van der Waals surface area contributed by atoms with Crippen molar-refractivity contribution in [2.24, 2.45) is 0 Å². The van der Waals surface area contributed by atoms with Gasteiger partial charge in [-0.15, -0.1) is 0 Å². The summed E-state index contributed by atoms with van der Waals surface area (Å²) in [6.45, 7) is 2.27. The minimum Gasteiger partial charge on any atom is -0.374 e. The summed E-state index contributed by atoms with van der Waals surface area (Å²) in [6, 6.07) is 6.31. The number of amides is 1. The number of fused-ring (bicyclic) bond motifs is 1. The summed E-state index contributed by atoms with van der Waals surface area (Å²) >= 11 is 3.47. The number of carbonyl (C=O) groups is 1. The van der Waals surface area contributed by atoms with Crippen molar-refractivity contribution >= 4 is 33.2 Å². The van der Waals surface area contributed by atoms with Crippen LogP contribution in [0.1, 0.15) is 6.42 Å². The summed E-state index contributed by atoms with van der Waals surface area (Å²) in [7, 11) is 0. The first-order valence-electron chi connectivity index (χ1n) is 5.82. The molecule has 1 aromatic carbocycles. The average Bonchev–Trinajstić information content (AvgIpc) is 2.82. The van der Waals surface area contributed by atoms with Gasteiger partial charge in [0, 0.05) is 11.0 Å². The molecule has 0 bridgehead atoms. The molecule has 0 aromatic heterocycles. The number of nitrogens with zero attached hydrogens (tertiary/aromatic N) is 1. The highest BCUT2D eigenvalue weighted by molar-refractivity contribution is 9.10. The second kappa shape index (κ2) is 4.31. The van der Waals surface area contributed by atoms with Crippen LogP contribution in [-0.2, 0) is 4.79 Å². The summed E-state index contributed by atoms with van der Waals surface area (Å²) in [5.41, 5.74) is 2.03. The quantitative estimate of drug-likeness (QED) is 0.827. The molecule has 5 heteroatoms. The molecule has 3 rings (SSSR count). The molecule has 0 aliphatic carbocycles. The van der Waals surface area contributed by atoms with Crippen LogP contribution in [-0.4, -0.2) is 31.6 Å². The van der Waals surface area contributed by atoms with Crippen molar-refractivity contribution in [1.29, 1.82) is 0 Å². The third-order valence-electron chi connectivity index (χ3n) is 3.32. The van der Waals surface area contributed by atoms with Crippen molar-refractivity contribution in [3.8, 4) is 0 Å². The molecule has 0 radical (unpaired) electrons. The van der Waals surface area contributed by atoms with Gasteiger partial charge < -0.3 is 15.5 Å². The molecule has 1 unspecified atom stereocenters. The minimum atomic E-state index is 0.157. The number of rotatable bonds is 1. The van der Waals surface area contributed by atoms with Crippen molar-refractivity contribution < 1.29 is 4.79 Å². The number of hydrogen-bond donors (Lipinski definition) is 2. The molecule has 0 spiro atoms. The Morgan fingerprint density at radius 3 is 3.06 bits per heavy atom. The number of nitrogens with one attached hydrogen (secondary N) is 2. The molecule has 17 heavy (non-hydrogen) atoms. The van der Waals surface area contributed by atoms with Crippen LogP contribution in [0.15, 0.2) is 22.7 Å². The summed E-state index contributed by atoms with van der Waals surface area (Å²) in [6.07, 6.45) is 1.03. The molecule has 2 heterocycles. The molecule has 1 saturated heterocycles. The first kappa shape index (κ1) is 11.0. The lowest BCUT2D eigenvalue weighted by Crippen LogP contribution is -2.47. The molecule has 4 nitrogen and oxygen atoms in total. The molecule has 2 aliphatic heterocycles. The Kier molecular flexibility index (Phi) is 2.80. The minimum absolute atomic E-state index is 0.157. The molecular weight excluding hydrogens is 282 g/mol. The highest BCUT2D eigenvalue weighted by atomic mass is 79.9. The largest absolute Gasteiger partial charge is 0.374 e. The van der Waals surface area contributed by atoms with E-state index >= 15 is 0 Å².